The van der Waals surface area contributed by atoms with Crippen LogP contribution in [0.3, 0.4) is 0 Å². The van der Waals surface area contributed by atoms with E-state index < -0.39 is 64.7 Å². The number of benzene rings is 2. The minimum absolute atomic E-state index is 0.0404. The molecule has 0 saturated heterocycles. The summed E-state index contributed by atoms with van der Waals surface area (Å²) in [6, 6.07) is 15.3. The normalized spacial score (nSPS) is 15.7. The van der Waals surface area contributed by atoms with E-state index in [1.807, 2.05) is 60.7 Å². The molecule has 1 aliphatic carbocycles. The van der Waals surface area contributed by atoms with Crippen molar-refractivity contribution in [3.8, 4) is 0 Å². The molecule has 3 rings (SSSR count). The molecule has 4 amide bonds. The molecule has 12 heteroatoms. The van der Waals surface area contributed by atoms with E-state index in [0.29, 0.717) is 12.8 Å². The molecular formula is C35H48N4O7S. The van der Waals surface area contributed by atoms with Crippen LogP contribution in [0.4, 0.5) is 4.79 Å². The zero-order chi connectivity index (χ0) is 35.0. The summed E-state index contributed by atoms with van der Waals surface area (Å²) in [7, 11) is 1.47. The van der Waals surface area contributed by atoms with Gasteiger partial charge in [-0.3, -0.25) is 14.4 Å². The number of hydrogen-bond donors (Lipinski definition) is 4. The van der Waals surface area contributed by atoms with Gasteiger partial charge in [-0.1, -0.05) is 60.7 Å². The lowest BCUT2D eigenvalue weighted by atomic mass is 10.0. The molecule has 2 aromatic carbocycles. The quantitative estimate of drug-likeness (QED) is 0.189. The number of likely N-dealkylation sites (N-methyl/N-ethyl adjacent to an activating group) is 1. The Morgan fingerprint density at radius 1 is 0.766 bits per heavy atom. The van der Waals surface area contributed by atoms with Crippen LogP contribution in [0.1, 0.15) is 65.5 Å². The molecule has 1 fully saturated rings. The third kappa shape index (κ3) is 11.6. The average Bonchev–Trinajstić information content (AvgIpc) is 3.76. The SMILES string of the molecule is CN(C(=O)C1(NC(=O)[C@H](Cc2ccccc2)NC(=O)OC(C)(C)C)CC1)[C@@H](CS)C(=O)N[C@@H](Cc1ccccc1)C(=O)OC(C)(C)C. The van der Waals surface area contributed by atoms with E-state index in [9.17, 15) is 24.0 Å². The van der Waals surface area contributed by atoms with E-state index in [-0.39, 0.29) is 18.6 Å². The van der Waals surface area contributed by atoms with Crippen molar-refractivity contribution in [1.29, 1.82) is 0 Å². The molecule has 0 radical (unpaired) electrons. The molecule has 0 aromatic heterocycles. The third-order valence-electron chi connectivity index (χ3n) is 7.37. The van der Waals surface area contributed by atoms with Crippen LogP contribution in [0.15, 0.2) is 60.7 Å². The summed E-state index contributed by atoms with van der Waals surface area (Å²) in [6.07, 6.45) is 0.292. The predicted molar refractivity (Wildman–Crippen MR) is 182 cm³/mol. The lowest BCUT2D eigenvalue weighted by molar-refractivity contribution is -0.159. The van der Waals surface area contributed by atoms with Gasteiger partial charge in [-0.2, -0.15) is 12.6 Å². The molecule has 256 valence electrons. The van der Waals surface area contributed by atoms with Crippen LogP contribution in [0, 0.1) is 0 Å². The lowest BCUT2D eigenvalue weighted by Gasteiger charge is -2.32. The van der Waals surface area contributed by atoms with Crippen molar-refractivity contribution in [2.24, 2.45) is 0 Å². The van der Waals surface area contributed by atoms with E-state index in [2.05, 4.69) is 28.6 Å². The molecule has 47 heavy (non-hydrogen) atoms. The maximum absolute atomic E-state index is 13.9. The monoisotopic (exact) mass is 668 g/mol. The van der Waals surface area contributed by atoms with E-state index in [1.54, 1.807) is 41.5 Å². The molecule has 3 atom stereocenters. The number of carbonyl (C=O) groups excluding carboxylic acids is 5. The number of ether oxygens (including phenoxy) is 2. The Labute approximate surface area is 282 Å². The molecule has 2 aromatic rings. The predicted octanol–water partition coefficient (Wildman–Crippen LogP) is 3.60. The maximum Gasteiger partial charge on any atom is 0.408 e. The summed E-state index contributed by atoms with van der Waals surface area (Å²) >= 11 is 4.36. The molecule has 0 aliphatic heterocycles. The first-order chi connectivity index (χ1) is 21.9. The second kappa shape index (κ2) is 15.7. The molecule has 11 nitrogen and oxygen atoms in total. The maximum atomic E-state index is 13.9. The van der Waals surface area contributed by atoms with Gasteiger partial charge in [0, 0.05) is 25.6 Å². The molecular weight excluding hydrogens is 620 g/mol. The fraction of sp³-hybridized carbons (Fsp3) is 0.514. The largest absolute Gasteiger partial charge is 0.458 e. The van der Waals surface area contributed by atoms with Gasteiger partial charge in [0.15, 0.2) is 0 Å². The first kappa shape index (κ1) is 37.4. The van der Waals surface area contributed by atoms with E-state index in [1.165, 1.54) is 11.9 Å². The number of nitrogens with one attached hydrogen (secondary N) is 3. The number of rotatable bonds is 13. The number of amides is 4. The Balaban J connectivity index is 1.75. The van der Waals surface area contributed by atoms with Crippen LogP contribution in [-0.4, -0.2) is 82.4 Å². The van der Waals surface area contributed by atoms with Gasteiger partial charge in [0.05, 0.1) is 0 Å². The summed E-state index contributed by atoms with van der Waals surface area (Å²) in [6.45, 7) is 10.4. The minimum Gasteiger partial charge on any atom is -0.458 e. The molecule has 0 unspecified atom stereocenters. The van der Waals surface area contributed by atoms with Gasteiger partial charge in [-0.05, 0) is 65.5 Å². The van der Waals surface area contributed by atoms with E-state index >= 15 is 0 Å². The van der Waals surface area contributed by atoms with Crippen molar-refractivity contribution in [2.75, 3.05) is 12.8 Å². The first-order valence-electron chi connectivity index (χ1n) is 15.7. The Morgan fingerprint density at radius 3 is 1.70 bits per heavy atom. The number of nitrogens with zero attached hydrogens (tertiary/aromatic N) is 1. The Morgan fingerprint density at radius 2 is 1.26 bits per heavy atom. The van der Waals surface area contributed by atoms with Gasteiger partial charge in [-0.15, -0.1) is 0 Å². The van der Waals surface area contributed by atoms with Gasteiger partial charge in [0.1, 0.15) is 34.9 Å². The Bertz CT molecular complexity index is 1400. The second-order valence-corrected chi connectivity index (χ2v) is 14.2. The standard InChI is InChI=1S/C35H48N4O7S/c1-33(2,3)45-30(42)26(21-24-16-12-9-13-17-24)36-29(41)27(22-47)39(7)31(43)35(18-19-35)38-28(40)25(20-23-14-10-8-11-15-23)37-32(44)46-34(4,5)6/h8-17,25-27,47H,18-22H2,1-7H3,(H,36,41)(H,37,44)(H,38,40)/t25-,26-,27-/m0/s1. The van der Waals surface area contributed by atoms with Crippen LogP contribution in [-0.2, 0) is 41.5 Å². The van der Waals surface area contributed by atoms with Gasteiger partial charge < -0.3 is 30.3 Å². The molecule has 1 aliphatic rings. The topological polar surface area (TPSA) is 143 Å². The Hall–Kier alpha value is -4.06. The summed E-state index contributed by atoms with van der Waals surface area (Å²) in [5.41, 5.74) is -1.19. The summed E-state index contributed by atoms with van der Waals surface area (Å²) in [4.78, 5) is 68.1. The average molecular weight is 669 g/mol. The smallest absolute Gasteiger partial charge is 0.408 e. The van der Waals surface area contributed by atoms with Crippen molar-refractivity contribution < 1.29 is 33.4 Å². The number of hydrogen-bond acceptors (Lipinski definition) is 8. The summed E-state index contributed by atoms with van der Waals surface area (Å²) in [5, 5.41) is 8.25. The zero-order valence-electron chi connectivity index (χ0n) is 28.3. The van der Waals surface area contributed by atoms with Gasteiger partial charge in [0.2, 0.25) is 17.7 Å². The molecule has 0 spiro atoms. The van der Waals surface area contributed by atoms with Crippen molar-refractivity contribution in [2.45, 2.75) is 102 Å². The number of thiol groups is 1. The fourth-order valence-corrected chi connectivity index (χ4v) is 5.30. The van der Waals surface area contributed by atoms with Crippen LogP contribution in [0.25, 0.3) is 0 Å². The van der Waals surface area contributed by atoms with Gasteiger partial charge >= 0.3 is 12.1 Å². The van der Waals surface area contributed by atoms with E-state index in [4.69, 9.17) is 9.47 Å². The van der Waals surface area contributed by atoms with Crippen molar-refractivity contribution in [3.63, 3.8) is 0 Å². The highest BCUT2D eigenvalue weighted by Gasteiger charge is 2.54. The number of esters is 1. The van der Waals surface area contributed by atoms with Gasteiger partial charge in [-0.25, -0.2) is 9.59 Å². The molecule has 1 saturated carbocycles. The van der Waals surface area contributed by atoms with E-state index in [0.717, 1.165) is 11.1 Å². The van der Waals surface area contributed by atoms with Gasteiger partial charge in [0.25, 0.3) is 0 Å². The zero-order valence-corrected chi connectivity index (χ0v) is 29.2. The molecule has 0 bridgehead atoms. The van der Waals surface area contributed by atoms with Crippen LogP contribution in [0.5, 0.6) is 0 Å². The van der Waals surface area contributed by atoms with Crippen LogP contribution >= 0.6 is 12.6 Å². The minimum atomic E-state index is -1.26. The number of alkyl carbamates (subject to hydrolysis) is 1. The summed E-state index contributed by atoms with van der Waals surface area (Å²) < 4.78 is 11.0. The fourth-order valence-electron chi connectivity index (χ4n) is 4.89. The van der Waals surface area contributed by atoms with Crippen molar-refractivity contribution in [1.82, 2.24) is 20.9 Å². The summed E-state index contributed by atoms with van der Waals surface area (Å²) in [5.74, 6) is -2.26. The second-order valence-electron chi connectivity index (χ2n) is 13.9. The van der Waals surface area contributed by atoms with Crippen molar-refractivity contribution >= 4 is 42.4 Å². The highest BCUT2D eigenvalue weighted by atomic mass is 32.1. The lowest BCUT2D eigenvalue weighted by Crippen LogP contribution is -2.60. The highest BCUT2D eigenvalue weighted by molar-refractivity contribution is 7.80. The number of carbonyl (C=O) groups is 5. The van der Waals surface area contributed by atoms with Crippen LogP contribution in [0.2, 0.25) is 0 Å². The third-order valence-corrected chi connectivity index (χ3v) is 7.71. The Kier molecular flexibility index (Phi) is 12.5. The first-order valence-corrected chi connectivity index (χ1v) is 16.4. The molecule has 3 N–H and O–H groups in total. The van der Waals surface area contributed by atoms with Crippen molar-refractivity contribution in [3.05, 3.63) is 71.8 Å². The molecule has 0 heterocycles. The highest BCUT2D eigenvalue weighted by Crippen LogP contribution is 2.38. The van der Waals surface area contributed by atoms with Crippen LogP contribution < -0.4 is 16.0 Å².